The zero-order valence-corrected chi connectivity index (χ0v) is 12.2. The normalized spacial score (nSPS) is 29.6. The number of rotatable bonds is 2. The standard InChI is InChI=1S/C14H17FNO4P/c15-10-6-4-9(5-7-10)12-3-1-2-11-8-13(21(18,19)20)14(17)16(11)12/h4-7,11-13H,1-3,8H2,(H2,18,19,20). The molecule has 0 aliphatic carbocycles. The highest BCUT2D eigenvalue weighted by atomic mass is 31.2. The van der Waals surface area contributed by atoms with Crippen molar-refractivity contribution in [3.63, 3.8) is 0 Å². The van der Waals surface area contributed by atoms with Crippen molar-refractivity contribution >= 4 is 13.5 Å². The summed E-state index contributed by atoms with van der Waals surface area (Å²) >= 11 is 0. The lowest BCUT2D eigenvalue weighted by Crippen LogP contribution is -2.40. The third kappa shape index (κ3) is 2.63. The van der Waals surface area contributed by atoms with Gasteiger partial charge >= 0.3 is 7.60 Å². The van der Waals surface area contributed by atoms with E-state index in [1.165, 1.54) is 12.1 Å². The lowest BCUT2D eigenvalue weighted by molar-refractivity contribution is -0.132. The Kier molecular flexibility index (Phi) is 3.64. The van der Waals surface area contributed by atoms with Gasteiger partial charge in [0, 0.05) is 6.04 Å². The maximum atomic E-state index is 13.0. The molecule has 0 aromatic heterocycles. The fraction of sp³-hybridized carbons (Fsp3) is 0.500. The van der Waals surface area contributed by atoms with Crippen LogP contribution in [0, 0.1) is 5.82 Å². The van der Waals surface area contributed by atoms with Gasteiger partial charge in [-0.2, -0.15) is 0 Å². The summed E-state index contributed by atoms with van der Waals surface area (Å²) in [5.74, 6) is -0.811. The Balaban J connectivity index is 1.92. The molecule has 114 valence electrons. The smallest absolute Gasteiger partial charge is 0.332 e. The summed E-state index contributed by atoms with van der Waals surface area (Å²) in [5.41, 5.74) is -0.399. The maximum absolute atomic E-state index is 13.0. The summed E-state index contributed by atoms with van der Waals surface area (Å²) in [6.45, 7) is 0. The largest absolute Gasteiger partial charge is 0.338 e. The van der Waals surface area contributed by atoms with Crippen molar-refractivity contribution in [3.05, 3.63) is 35.6 Å². The van der Waals surface area contributed by atoms with Crippen LogP contribution in [-0.2, 0) is 9.36 Å². The van der Waals surface area contributed by atoms with Gasteiger partial charge in [-0.15, -0.1) is 0 Å². The molecule has 0 spiro atoms. The van der Waals surface area contributed by atoms with Gasteiger partial charge in [0.25, 0.3) is 0 Å². The molecule has 2 aliphatic rings. The summed E-state index contributed by atoms with van der Waals surface area (Å²) in [6, 6.07) is 5.63. The van der Waals surface area contributed by atoms with Crippen LogP contribution < -0.4 is 0 Å². The molecular weight excluding hydrogens is 296 g/mol. The van der Waals surface area contributed by atoms with Crippen molar-refractivity contribution in [1.82, 2.24) is 4.90 Å². The van der Waals surface area contributed by atoms with Crippen LogP contribution in [0.15, 0.2) is 24.3 Å². The first-order valence-electron chi connectivity index (χ1n) is 7.01. The van der Waals surface area contributed by atoms with Gasteiger partial charge in [-0.1, -0.05) is 12.1 Å². The Morgan fingerprint density at radius 2 is 1.86 bits per heavy atom. The van der Waals surface area contributed by atoms with Gasteiger partial charge in [0.15, 0.2) is 0 Å². The molecule has 0 bridgehead atoms. The molecule has 2 N–H and O–H groups in total. The van der Waals surface area contributed by atoms with Crippen LogP contribution in [0.4, 0.5) is 4.39 Å². The summed E-state index contributed by atoms with van der Waals surface area (Å²) in [6.07, 6.45) is 2.60. The average Bonchev–Trinajstić information content (AvgIpc) is 2.77. The summed E-state index contributed by atoms with van der Waals surface area (Å²) in [5, 5.41) is 0. The highest BCUT2D eigenvalue weighted by Gasteiger charge is 2.51. The van der Waals surface area contributed by atoms with Crippen molar-refractivity contribution in [3.8, 4) is 0 Å². The van der Waals surface area contributed by atoms with Gasteiger partial charge in [-0.25, -0.2) is 4.39 Å². The first kappa shape index (κ1) is 14.7. The van der Waals surface area contributed by atoms with Crippen LogP contribution in [0.25, 0.3) is 0 Å². The molecule has 7 heteroatoms. The van der Waals surface area contributed by atoms with Crippen LogP contribution in [-0.4, -0.2) is 32.3 Å². The summed E-state index contributed by atoms with van der Waals surface area (Å²) in [7, 11) is -4.42. The van der Waals surface area contributed by atoms with Crippen molar-refractivity contribution < 1.29 is 23.5 Å². The number of fused-ring (bicyclic) bond motifs is 1. The predicted octanol–water partition coefficient (Wildman–Crippen LogP) is 2.20. The van der Waals surface area contributed by atoms with Crippen LogP contribution in [0.5, 0.6) is 0 Å². The van der Waals surface area contributed by atoms with Crippen molar-refractivity contribution in [2.24, 2.45) is 0 Å². The Hall–Kier alpha value is -1.23. The van der Waals surface area contributed by atoms with Crippen LogP contribution in [0.2, 0.25) is 0 Å². The third-order valence-electron chi connectivity index (χ3n) is 4.44. The number of benzene rings is 1. The molecule has 2 saturated heterocycles. The molecule has 2 heterocycles. The Labute approximate surface area is 121 Å². The zero-order chi connectivity index (χ0) is 15.2. The van der Waals surface area contributed by atoms with Crippen LogP contribution in [0.1, 0.15) is 37.3 Å². The summed E-state index contributed by atoms with van der Waals surface area (Å²) < 4.78 is 24.5. The minimum absolute atomic E-state index is 0.126. The van der Waals surface area contributed by atoms with Gasteiger partial charge in [0.2, 0.25) is 5.91 Å². The highest BCUT2D eigenvalue weighted by molar-refractivity contribution is 7.53. The third-order valence-corrected chi connectivity index (χ3v) is 5.68. The summed E-state index contributed by atoms with van der Waals surface area (Å²) in [4.78, 5) is 32.7. The van der Waals surface area contributed by atoms with Crippen molar-refractivity contribution in [2.45, 2.75) is 43.4 Å². The second-order valence-electron chi connectivity index (χ2n) is 5.74. The number of hydrogen-bond acceptors (Lipinski definition) is 2. The highest BCUT2D eigenvalue weighted by Crippen LogP contribution is 2.52. The molecule has 0 saturated carbocycles. The number of nitrogens with zero attached hydrogens (tertiary/aromatic N) is 1. The van der Waals surface area contributed by atoms with E-state index in [1.807, 2.05) is 0 Å². The Morgan fingerprint density at radius 1 is 1.19 bits per heavy atom. The minimum Gasteiger partial charge on any atom is -0.332 e. The minimum atomic E-state index is -4.42. The first-order chi connectivity index (χ1) is 9.88. The monoisotopic (exact) mass is 313 g/mol. The molecule has 3 atom stereocenters. The van der Waals surface area contributed by atoms with Crippen LogP contribution in [0.3, 0.4) is 0 Å². The zero-order valence-electron chi connectivity index (χ0n) is 11.4. The van der Waals surface area contributed by atoms with Gasteiger partial charge in [0.05, 0.1) is 6.04 Å². The van der Waals surface area contributed by atoms with E-state index in [2.05, 4.69) is 0 Å². The predicted molar refractivity (Wildman–Crippen MR) is 74.1 cm³/mol. The van der Waals surface area contributed by atoms with E-state index in [-0.39, 0.29) is 24.3 Å². The van der Waals surface area contributed by atoms with E-state index in [9.17, 15) is 23.5 Å². The molecule has 2 aliphatic heterocycles. The van der Waals surface area contributed by atoms with E-state index in [1.54, 1.807) is 17.0 Å². The van der Waals surface area contributed by atoms with E-state index < -0.39 is 19.2 Å². The molecule has 1 amide bonds. The van der Waals surface area contributed by atoms with Gasteiger partial charge in [-0.05, 0) is 43.4 Å². The lowest BCUT2D eigenvalue weighted by Gasteiger charge is -2.38. The molecule has 1 aromatic carbocycles. The molecule has 5 nitrogen and oxygen atoms in total. The topological polar surface area (TPSA) is 77.8 Å². The van der Waals surface area contributed by atoms with Gasteiger partial charge < -0.3 is 14.7 Å². The van der Waals surface area contributed by atoms with E-state index in [0.717, 1.165) is 24.8 Å². The fourth-order valence-corrected chi connectivity index (χ4v) is 4.41. The Morgan fingerprint density at radius 3 is 2.48 bits per heavy atom. The second-order valence-corrected chi connectivity index (χ2v) is 7.54. The maximum Gasteiger partial charge on any atom is 0.338 e. The number of carbonyl (C=O) groups is 1. The van der Waals surface area contributed by atoms with Crippen molar-refractivity contribution in [2.75, 3.05) is 0 Å². The fourth-order valence-electron chi connectivity index (χ4n) is 3.47. The van der Waals surface area contributed by atoms with Gasteiger partial charge in [-0.3, -0.25) is 9.36 Å². The quantitative estimate of drug-likeness (QED) is 0.821. The number of piperidine rings is 1. The van der Waals surface area contributed by atoms with E-state index in [0.29, 0.717) is 0 Å². The molecule has 0 radical (unpaired) electrons. The Bertz CT molecular complexity index is 599. The number of halogens is 1. The van der Waals surface area contributed by atoms with E-state index in [4.69, 9.17) is 0 Å². The lowest BCUT2D eigenvalue weighted by atomic mass is 9.92. The molecular formula is C14H17FNO4P. The molecule has 3 unspecified atom stereocenters. The van der Waals surface area contributed by atoms with Crippen molar-refractivity contribution in [1.29, 1.82) is 0 Å². The number of amides is 1. The molecule has 3 rings (SSSR count). The molecule has 1 aromatic rings. The first-order valence-corrected chi connectivity index (χ1v) is 8.69. The SMILES string of the molecule is O=C1C(P(=O)(O)O)CC2CCCC(c3ccc(F)cc3)N12. The molecule has 21 heavy (non-hydrogen) atoms. The number of carbonyl (C=O) groups excluding carboxylic acids is 1. The second kappa shape index (κ2) is 5.20. The molecule has 2 fully saturated rings. The van der Waals surface area contributed by atoms with E-state index >= 15 is 0 Å². The van der Waals surface area contributed by atoms with Gasteiger partial charge in [0.1, 0.15) is 11.5 Å². The van der Waals surface area contributed by atoms with Crippen LogP contribution >= 0.6 is 7.60 Å². The number of hydrogen-bond donors (Lipinski definition) is 2. The average molecular weight is 313 g/mol.